The summed E-state index contributed by atoms with van der Waals surface area (Å²) in [5, 5.41) is 14.8. The molecule has 3 aromatic rings. The van der Waals surface area contributed by atoms with Gasteiger partial charge in [-0.3, -0.25) is 9.67 Å². The molecule has 0 bridgehead atoms. The van der Waals surface area contributed by atoms with Crippen molar-refractivity contribution in [1.82, 2.24) is 30.4 Å². The Labute approximate surface area is 180 Å². The van der Waals surface area contributed by atoms with Gasteiger partial charge in [0, 0.05) is 33.7 Å². The lowest BCUT2D eigenvalue weighted by molar-refractivity contribution is 0.617. The molecule has 3 rings (SSSR count). The van der Waals surface area contributed by atoms with Gasteiger partial charge in [0.25, 0.3) is 0 Å². The van der Waals surface area contributed by atoms with Crippen molar-refractivity contribution in [2.45, 2.75) is 13.5 Å². The van der Waals surface area contributed by atoms with Crippen LogP contribution in [0.25, 0.3) is 11.0 Å². The number of aliphatic imine (C=N–C) groups is 1. The largest absolute Gasteiger partial charge is 0.368 e. The van der Waals surface area contributed by atoms with E-state index in [1.165, 1.54) is 12.4 Å². The van der Waals surface area contributed by atoms with E-state index in [2.05, 4.69) is 36.0 Å². The molecule has 0 radical (unpaired) electrons. The first kappa shape index (κ1) is 21.8. The van der Waals surface area contributed by atoms with E-state index >= 15 is 0 Å². The Bertz CT molecular complexity index is 956. The topological polar surface area (TPSA) is 92.1 Å². The molecule has 3 N–H and O–H groups in total. The lowest BCUT2D eigenvalue weighted by atomic mass is 10.1. The highest BCUT2D eigenvalue weighted by atomic mass is 127. The van der Waals surface area contributed by atoms with E-state index in [1.54, 1.807) is 30.9 Å². The number of rotatable bonds is 6. The minimum Gasteiger partial charge on any atom is -0.368 e. The fourth-order valence-electron chi connectivity index (χ4n) is 2.69. The molecular formula is C18H24FIN8. The number of nitrogens with one attached hydrogen (secondary N) is 3. The van der Waals surface area contributed by atoms with Gasteiger partial charge in [0.15, 0.2) is 11.6 Å². The second-order valence-electron chi connectivity index (χ2n) is 6.09. The highest BCUT2D eigenvalue weighted by molar-refractivity contribution is 14.0. The molecule has 0 aliphatic rings. The van der Waals surface area contributed by atoms with Crippen molar-refractivity contribution in [3.05, 3.63) is 47.7 Å². The maximum Gasteiger partial charge on any atom is 0.191 e. The quantitative estimate of drug-likeness (QED) is 0.209. The molecule has 0 aliphatic carbocycles. The zero-order chi connectivity index (χ0) is 19.2. The molecule has 10 heteroatoms. The Hall–Kier alpha value is -2.50. The Morgan fingerprint density at radius 3 is 2.79 bits per heavy atom. The van der Waals surface area contributed by atoms with Gasteiger partial charge in [-0.25, -0.2) is 14.4 Å². The molecule has 1 aromatic carbocycles. The number of anilines is 1. The van der Waals surface area contributed by atoms with Crippen LogP contribution in [0.2, 0.25) is 0 Å². The maximum absolute atomic E-state index is 13.3. The van der Waals surface area contributed by atoms with Crippen LogP contribution in [0.5, 0.6) is 0 Å². The SMILES string of the molecule is CN=C(NCCNc1ncnc2c1cnn2C)NCc1ccc(F)c(C)c1.I. The van der Waals surface area contributed by atoms with E-state index in [-0.39, 0.29) is 29.8 Å². The van der Waals surface area contributed by atoms with Crippen LogP contribution < -0.4 is 16.0 Å². The second-order valence-corrected chi connectivity index (χ2v) is 6.09. The maximum atomic E-state index is 13.3. The molecular weight excluding hydrogens is 474 g/mol. The third-order valence-corrected chi connectivity index (χ3v) is 4.15. The molecule has 28 heavy (non-hydrogen) atoms. The molecule has 0 spiro atoms. The van der Waals surface area contributed by atoms with Gasteiger partial charge in [0.1, 0.15) is 18.0 Å². The molecule has 2 aromatic heterocycles. The first-order chi connectivity index (χ1) is 13.1. The fraction of sp³-hybridized carbons (Fsp3) is 0.333. The van der Waals surface area contributed by atoms with Crippen molar-refractivity contribution in [1.29, 1.82) is 0 Å². The second kappa shape index (κ2) is 10.2. The predicted molar refractivity (Wildman–Crippen MR) is 120 cm³/mol. The lowest BCUT2D eigenvalue weighted by Gasteiger charge is -2.13. The summed E-state index contributed by atoms with van der Waals surface area (Å²) in [5.74, 6) is 1.23. The first-order valence-electron chi connectivity index (χ1n) is 8.64. The van der Waals surface area contributed by atoms with E-state index in [0.29, 0.717) is 31.2 Å². The number of aromatic nitrogens is 4. The van der Waals surface area contributed by atoms with Gasteiger partial charge in [-0.2, -0.15) is 5.10 Å². The third-order valence-electron chi connectivity index (χ3n) is 4.15. The van der Waals surface area contributed by atoms with Gasteiger partial charge in [-0.05, 0) is 24.1 Å². The van der Waals surface area contributed by atoms with Crippen LogP contribution >= 0.6 is 24.0 Å². The Morgan fingerprint density at radius 1 is 1.21 bits per heavy atom. The molecule has 2 heterocycles. The van der Waals surface area contributed by atoms with Gasteiger partial charge in [-0.1, -0.05) is 12.1 Å². The van der Waals surface area contributed by atoms with Crippen LogP contribution in [-0.2, 0) is 13.6 Å². The number of nitrogens with zero attached hydrogens (tertiary/aromatic N) is 5. The van der Waals surface area contributed by atoms with Crippen LogP contribution in [0, 0.1) is 12.7 Å². The molecule has 0 aliphatic heterocycles. The van der Waals surface area contributed by atoms with Crippen LogP contribution in [0.1, 0.15) is 11.1 Å². The van der Waals surface area contributed by atoms with Crippen molar-refractivity contribution in [3.63, 3.8) is 0 Å². The summed E-state index contributed by atoms with van der Waals surface area (Å²) in [5.41, 5.74) is 2.41. The number of aryl methyl sites for hydroxylation is 2. The average molecular weight is 498 g/mol. The molecule has 0 saturated carbocycles. The minimum atomic E-state index is -0.195. The van der Waals surface area contributed by atoms with Crippen LogP contribution in [0.4, 0.5) is 10.2 Å². The number of halogens is 2. The van der Waals surface area contributed by atoms with E-state index in [9.17, 15) is 4.39 Å². The van der Waals surface area contributed by atoms with Crippen molar-refractivity contribution in [2.24, 2.45) is 12.0 Å². The number of benzene rings is 1. The molecule has 0 amide bonds. The first-order valence-corrected chi connectivity index (χ1v) is 8.64. The van der Waals surface area contributed by atoms with Crippen molar-refractivity contribution < 1.29 is 4.39 Å². The summed E-state index contributed by atoms with van der Waals surface area (Å²) < 4.78 is 15.0. The summed E-state index contributed by atoms with van der Waals surface area (Å²) >= 11 is 0. The van der Waals surface area contributed by atoms with E-state index < -0.39 is 0 Å². The number of fused-ring (bicyclic) bond motifs is 1. The lowest BCUT2D eigenvalue weighted by Crippen LogP contribution is -2.39. The average Bonchev–Trinajstić information content (AvgIpc) is 3.06. The monoisotopic (exact) mass is 498 g/mol. The molecule has 0 fully saturated rings. The summed E-state index contributed by atoms with van der Waals surface area (Å²) in [7, 11) is 3.56. The van der Waals surface area contributed by atoms with Gasteiger partial charge in [0.05, 0.1) is 11.6 Å². The predicted octanol–water partition coefficient (Wildman–Crippen LogP) is 2.21. The number of hydrogen-bond acceptors (Lipinski definition) is 5. The Kier molecular flexibility index (Phi) is 7.91. The van der Waals surface area contributed by atoms with Gasteiger partial charge in [0.2, 0.25) is 0 Å². The van der Waals surface area contributed by atoms with Crippen LogP contribution in [-0.4, -0.2) is 45.8 Å². The number of guanidine groups is 1. The highest BCUT2D eigenvalue weighted by Crippen LogP contribution is 2.17. The molecule has 0 atom stereocenters. The van der Waals surface area contributed by atoms with Crippen LogP contribution in [0.15, 0.2) is 35.7 Å². The summed E-state index contributed by atoms with van der Waals surface area (Å²) in [6.45, 7) is 3.62. The number of hydrogen-bond donors (Lipinski definition) is 3. The van der Waals surface area contributed by atoms with Gasteiger partial charge >= 0.3 is 0 Å². The minimum absolute atomic E-state index is 0. The van der Waals surface area contributed by atoms with E-state index in [1.807, 2.05) is 13.1 Å². The zero-order valence-electron chi connectivity index (χ0n) is 16.0. The van der Waals surface area contributed by atoms with E-state index in [4.69, 9.17) is 0 Å². The molecule has 150 valence electrons. The van der Waals surface area contributed by atoms with Crippen molar-refractivity contribution >= 4 is 46.8 Å². The van der Waals surface area contributed by atoms with Crippen LogP contribution in [0.3, 0.4) is 0 Å². The summed E-state index contributed by atoms with van der Waals surface area (Å²) in [6, 6.07) is 5.07. The summed E-state index contributed by atoms with van der Waals surface area (Å²) in [6.07, 6.45) is 3.27. The third kappa shape index (κ3) is 5.27. The molecule has 0 saturated heterocycles. The molecule has 8 nitrogen and oxygen atoms in total. The zero-order valence-corrected chi connectivity index (χ0v) is 18.4. The summed E-state index contributed by atoms with van der Waals surface area (Å²) in [4.78, 5) is 12.7. The highest BCUT2D eigenvalue weighted by Gasteiger charge is 2.07. The van der Waals surface area contributed by atoms with E-state index in [0.717, 1.165) is 22.4 Å². The standard InChI is InChI=1S/C18H23FN8.HI/c1-12-8-13(4-5-15(12)19)9-23-18(20-2)22-7-6-21-16-14-10-26-27(3)17(14)25-11-24-16;/h4-5,8,10-11H,6-7,9H2,1-3H3,(H2,20,22,23)(H,21,24,25);1H. The van der Waals surface area contributed by atoms with Crippen molar-refractivity contribution in [3.8, 4) is 0 Å². The molecule has 0 unspecified atom stereocenters. The fourth-order valence-corrected chi connectivity index (χ4v) is 2.69. The normalized spacial score (nSPS) is 11.2. The Morgan fingerprint density at radius 2 is 2.04 bits per heavy atom. The van der Waals surface area contributed by atoms with Gasteiger partial charge in [-0.15, -0.1) is 24.0 Å². The smallest absolute Gasteiger partial charge is 0.191 e. The Balaban J connectivity index is 0.00000280. The van der Waals surface area contributed by atoms with Crippen molar-refractivity contribution in [2.75, 3.05) is 25.5 Å². The van der Waals surface area contributed by atoms with Gasteiger partial charge < -0.3 is 16.0 Å².